The lowest BCUT2D eigenvalue weighted by molar-refractivity contribution is -0.00763. The molecule has 20 heavy (non-hydrogen) atoms. The molecule has 0 amide bonds. The molecule has 0 aliphatic heterocycles. The van der Waals surface area contributed by atoms with Crippen LogP contribution in [0.15, 0.2) is 0 Å². The molecule has 0 bridgehead atoms. The Morgan fingerprint density at radius 2 is 1.45 bits per heavy atom. The molecule has 0 heterocycles. The predicted octanol–water partition coefficient (Wildman–Crippen LogP) is 3.07. The minimum absolute atomic E-state index is 0. The van der Waals surface area contributed by atoms with Gasteiger partial charge in [-0.1, -0.05) is 52.4 Å². The predicted molar refractivity (Wildman–Crippen MR) is 85.9 cm³/mol. The van der Waals surface area contributed by atoms with Crippen LogP contribution in [-0.2, 0) is 18.3 Å². The maximum atomic E-state index is 11.4. The highest BCUT2D eigenvalue weighted by Gasteiger charge is 2.20. The summed E-state index contributed by atoms with van der Waals surface area (Å²) in [4.78, 5) is 9.32. The third kappa shape index (κ3) is 16.7. The van der Waals surface area contributed by atoms with Gasteiger partial charge in [0.25, 0.3) is 0 Å². The second-order valence-electron chi connectivity index (χ2n) is 4.58. The summed E-state index contributed by atoms with van der Waals surface area (Å²) in [5.41, 5.74) is 0. The first-order valence-corrected chi connectivity index (χ1v) is 8.81. The molecule has 5 nitrogen and oxygen atoms in total. The highest BCUT2D eigenvalue weighted by Crippen LogP contribution is 2.43. The first-order chi connectivity index (χ1) is 9.12. The van der Waals surface area contributed by atoms with Crippen molar-refractivity contribution in [1.29, 1.82) is 0 Å². The van der Waals surface area contributed by atoms with Crippen molar-refractivity contribution >= 4 is 25.2 Å². The summed E-state index contributed by atoms with van der Waals surface area (Å²) >= 11 is 0. The fourth-order valence-electron chi connectivity index (χ4n) is 1.58. The zero-order valence-corrected chi connectivity index (χ0v) is 13.2. The van der Waals surface area contributed by atoms with Gasteiger partial charge < -0.3 is 9.63 Å². The smallest absolute Gasteiger partial charge is 0.355 e. The topological polar surface area (TPSA) is 65.0 Å². The third-order valence-corrected chi connectivity index (χ3v) is 3.59. The van der Waals surface area contributed by atoms with Crippen LogP contribution >= 0.6 is 7.82 Å². The average Bonchev–Trinajstić information content (AvgIpc) is 2.38. The second-order valence-corrected chi connectivity index (χ2v) is 6.03. The number of hydrogen-bond acceptors (Lipinski definition) is 4. The van der Waals surface area contributed by atoms with E-state index in [4.69, 9.17) is 9.26 Å². The van der Waals surface area contributed by atoms with Gasteiger partial charge in [0.15, 0.2) is 24.2 Å². The van der Waals surface area contributed by atoms with E-state index in [1.165, 1.54) is 25.7 Å². The molecule has 1 unspecified atom stereocenters. The van der Waals surface area contributed by atoms with Gasteiger partial charge in [0, 0.05) is 6.61 Å². The Bertz CT molecular complexity index is 241. The van der Waals surface area contributed by atoms with Gasteiger partial charge in [-0.15, -0.1) is 0 Å². The van der Waals surface area contributed by atoms with Gasteiger partial charge >= 0.3 is 7.82 Å². The first kappa shape index (κ1) is 22.9. The number of rotatable bonds is 14. The van der Waals surface area contributed by atoms with Crippen LogP contribution < -0.4 is 0 Å². The van der Waals surface area contributed by atoms with E-state index in [0.29, 0.717) is 6.61 Å². The molecule has 0 rings (SSSR count). The molecular weight excluding hydrogens is 294 g/mol. The van der Waals surface area contributed by atoms with Crippen molar-refractivity contribution < 1.29 is 23.2 Å². The molecule has 1 atom stereocenters. The third-order valence-electron chi connectivity index (χ3n) is 2.65. The Balaban J connectivity index is 0. The van der Waals surface area contributed by atoms with Crippen LogP contribution in [0, 0.1) is 0 Å². The lowest BCUT2D eigenvalue weighted by Crippen LogP contribution is -2.02. The van der Waals surface area contributed by atoms with Crippen molar-refractivity contribution in [3.05, 3.63) is 0 Å². The highest BCUT2D eigenvalue weighted by atomic mass is 31.2. The molecule has 122 valence electrons. The molecule has 0 radical (unpaired) electrons. The second kappa shape index (κ2) is 16.0. The van der Waals surface area contributed by atoms with Gasteiger partial charge in [-0.25, -0.2) is 4.57 Å². The number of phosphoric ester groups is 1. The highest BCUT2D eigenvalue weighted by molar-refractivity contribution is 7.47. The van der Waals surface area contributed by atoms with Crippen LogP contribution in [0.1, 0.15) is 65.2 Å². The van der Waals surface area contributed by atoms with Gasteiger partial charge in [-0.05, 0) is 12.8 Å². The SMILES string of the molecule is CCCCCCCCCOP(=O)(O)OCOCCC.[AlH3]. The Kier molecular flexibility index (Phi) is 18.3. The van der Waals surface area contributed by atoms with E-state index in [1.807, 2.05) is 6.92 Å². The van der Waals surface area contributed by atoms with Crippen molar-refractivity contribution in [2.24, 2.45) is 0 Å². The average molecular weight is 326 g/mol. The van der Waals surface area contributed by atoms with Crippen LogP contribution in [0.4, 0.5) is 0 Å². The van der Waals surface area contributed by atoms with E-state index in [0.717, 1.165) is 25.7 Å². The lowest BCUT2D eigenvalue weighted by atomic mass is 10.1. The fourth-order valence-corrected chi connectivity index (χ4v) is 2.23. The molecule has 0 aromatic carbocycles. The van der Waals surface area contributed by atoms with Crippen LogP contribution in [0.3, 0.4) is 0 Å². The Morgan fingerprint density at radius 3 is 2.05 bits per heavy atom. The van der Waals surface area contributed by atoms with Crippen LogP contribution in [0.2, 0.25) is 0 Å². The van der Waals surface area contributed by atoms with E-state index in [1.54, 1.807) is 0 Å². The van der Waals surface area contributed by atoms with E-state index in [9.17, 15) is 9.46 Å². The first-order valence-electron chi connectivity index (χ1n) is 7.32. The van der Waals surface area contributed by atoms with Gasteiger partial charge in [0.05, 0.1) is 6.61 Å². The minimum Gasteiger partial charge on any atom is -0.355 e. The minimum atomic E-state index is -3.92. The summed E-state index contributed by atoms with van der Waals surface area (Å²) in [7, 11) is -3.92. The van der Waals surface area contributed by atoms with E-state index in [2.05, 4.69) is 11.4 Å². The standard InChI is InChI=1S/C13H29O5P.Al.3H/c1-3-5-6-7-8-9-10-12-17-19(14,15)18-13-16-11-4-2;;;;/h3-13H2,1-2H3,(H,14,15);;;;. The van der Waals surface area contributed by atoms with Gasteiger partial charge in [0.1, 0.15) is 0 Å². The van der Waals surface area contributed by atoms with Crippen LogP contribution in [0.5, 0.6) is 0 Å². The largest absolute Gasteiger partial charge is 0.474 e. The molecular formula is C13H32AlO5P. The summed E-state index contributed by atoms with van der Waals surface area (Å²) in [5.74, 6) is 0. The number of unbranched alkanes of at least 4 members (excludes halogenated alkanes) is 6. The molecule has 0 aliphatic rings. The van der Waals surface area contributed by atoms with Crippen molar-refractivity contribution in [2.45, 2.75) is 65.2 Å². The maximum Gasteiger partial charge on any atom is 0.474 e. The molecule has 7 heteroatoms. The van der Waals surface area contributed by atoms with Crippen molar-refractivity contribution in [3.63, 3.8) is 0 Å². The summed E-state index contributed by atoms with van der Waals surface area (Å²) in [6.45, 7) is 4.72. The van der Waals surface area contributed by atoms with Crippen LogP contribution in [-0.4, -0.2) is 42.3 Å². The number of ether oxygens (including phenoxy) is 1. The van der Waals surface area contributed by atoms with Crippen molar-refractivity contribution in [3.8, 4) is 0 Å². The molecule has 0 aromatic heterocycles. The van der Waals surface area contributed by atoms with E-state index >= 15 is 0 Å². The number of hydrogen-bond donors (Lipinski definition) is 1. The van der Waals surface area contributed by atoms with Gasteiger partial charge in [0.2, 0.25) is 0 Å². The maximum absolute atomic E-state index is 11.4. The zero-order chi connectivity index (χ0) is 14.4. The summed E-state index contributed by atoms with van der Waals surface area (Å²) in [6.07, 6.45) is 8.84. The zero-order valence-electron chi connectivity index (χ0n) is 12.3. The molecule has 0 spiro atoms. The van der Waals surface area contributed by atoms with Gasteiger partial charge in [-0.2, -0.15) is 0 Å². The van der Waals surface area contributed by atoms with Crippen molar-refractivity contribution in [1.82, 2.24) is 0 Å². The molecule has 0 fully saturated rings. The summed E-state index contributed by atoms with van der Waals surface area (Å²) in [5, 5.41) is 0. The Hall–Kier alpha value is 0.602. The molecule has 0 aliphatic carbocycles. The quantitative estimate of drug-likeness (QED) is 0.230. The fraction of sp³-hybridized carbons (Fsp3) is 1.00. The van der Waals surface area contributed by atoms with Crippen LogP contribution in [0.25, 0.3) is 0 Å². The molecule has 0 aromatic rings. The summed E-state index contributed by atoms with van der Waals surface area (Å²) < 4.78 is 25.9. The monoisotopic (exact) mass is 326 g/mol. The normalized spacial score (nSPS) is 13.8. The molecule has 1 N–H and O–H groups in total. The number of phosphoric acid groups is 1. The Labute approximate surface area is 134 Å². The van der Waals surface area contributed by atoms with Crippen molar-refractivity contribution in [2.75, 3.05) is 20.0 Å². The van der Waals surface area contributed by atoms with Gasteiger partial charge in [-0.3, -0.25) is 9.05 Å². The molecule has 0 saturated carbocycles. The van der Waals surface area contributed by atoms with E-state index < -0.39 is 7.82 Å². The van der Waals surface area contributed by atoms with E-state index in [-0.39, 0.29) is 30.8 Å². The molecule has 0 saturated heterocycles. The Morgan fingerprint density at radius 1 is 0.850 bits per heavy atom. The summed E-state index contributed by atoms with van der Waals surface area (Å²) in [6, 6.07) is 0. The lowest BCUT2D eigenvalue weighted by Gasteiger charge is -2.12.